The molecule has 0 aliphatic rings. The molecule has 0 aliphatic heterocycles. The summed E-state index contributed by atoms with van der Waals surface area (Å²) in [5.41, 5.74) is -0.697. The summed E-state index contributed by atoms with van der Waals surface area (Å²) in [5.74, 6) is 0. The Morgan fingerprint density at radius 3 is 2.43 bits per heavy atom. The van der Waals surface area contributed by atoms with E-state index in [1.807, 2.05) is 0 Å². The number of rotatable bonds is 5. The number of benzene rings is 1. The van der Waals surface area contributed by atoms with Gasteiger partial charge in [0.1, 0.15) is 0 Å². The van der Waals surface area contributed by atoms with Crippen LogP contribution in [0.4, 0.5) is 18.9 Å². The first-order valence-corrected chi connectivity index (χ1v) is 7.65. The lowest BCUT2D eigenvalue weighted by Crippen LogP contribution is -2.31. The van der Waals surface area contributed by atoms with Crippen LogP contribution in [0, 0.1) is 10.1 Å². The zero-order valence-corrected chi connectivity index (χ0v) is 13.0. The van der Waals surface area contributed by atoms with Crippen molar-refractivity contribution < 1.29 is 26.5 Å². The predicted octanol–water partition coefficient (Wildman–Crippen LogP) is 2.93. The molecule has 118 valence electrons. The number of hydrogen-bond donors (Lipinski definition) is 0. The lowest BCUT2D eigenvalue weighted by Gasteiger charge is -2.18. The maximum absolute atomic E-state index is 12.2. The summed E-state index contributed by atoms with van der Waals surface area (Å²) in [6, 6.07) is 3.22. The normalized spacial score (nSPS) is 12.7. The summed E-state index contributed by atoms with van der Waals surface area (Å²) >= 11 is 2.97. The largest absolute Gasteiger partial charge is 0.390 e. The second-order valence-corrected chi connectivity index (χ2v) is 6.99. The van der Waals surface area contributed by atoms with Crippen molar-refractivity contribution in [3.8, 4) is 0 Å². The fraction of sp³-hybridized carbons (Fsp3) is 0.400. The standard InChI is InChI=1S/C10H10BrF3N2O4S/c1-15(5-4-10(12,13)14)21(19,20)9-6-7(11)2-3-8(9)16(17)18/h2-3,6H,4-5H2,1H3. The van der Waals surface area contributed by atoms with Crippen LogP contribution < -0.4 is 0 Å². The Morgan fingerprint density at radius 2 is 1.95 bits per heavy atom. The Labute approximate surface area is 126 Å². The van der Waals surface area contributed by atoms with E-state index in [0.29, 0.717) is 4.31 Å². The van der Waals surface area contributed by atoms with Crippen LogP contribution in [0.5, 0.6) is 0 Å². The van der Waals surface area contributed by atoms with Gasteiger partial charge < -0.3 is 0 Å². The molecular weight excluding hydrogens is 381 g/mol. The Hall–Kier alpha value is -1.20. The number of halogens is 4. The summed E-state index contributed by atoms with van der Waals surface area (Å²) in [6.07, 6.45) is -5.86. The summed E-state index contributed by atoms with van der Waals surface area (Å²) in [4.78, 5) is 9.28. The molecule has 0 aromatic heterocycles. The highest BCUT2D eigenvalue weighted by Gasteiger charge is 2.33. The molecule has 0 saturated carbocycles. The van der Waals surface area contributed by atoms with Crippen molar-refractivity contribution in [1.29, 1.82) is 0 Å². The third kappa shape index (κ3) is 4.64. The van der Waals surface area contributed by atoms with Crippen LogP contribution in [0.3, 0.4) is 0 Å². The summed E-state index contributed by atoms with van der Waals surface area (Å²) in [5, 5.41) is 10.8. The van der Waals surface area contributed by atoms with Gasteiger partial charge in [-0.15, -0.1) is 0 Å². The number of alkyl halides is 3. The van der Waals surface area contributed by atoms with Crippen LogP contribution >= 0.6 is 15.9 Å². The molecule has 0 N–H and O–H groups in total. The quantitative estimate of drug-likeness (QED) is 0.571. The monoisotopic (exact) mass is 390 g/mol. The van der Waals surface area contributed by atoms with Gasteiger partial charge >= 0.3 is 6.18 Å². The van der Waals surface area contributed by atoms with Gasteiger partial charge in [0.15, 0.2) is 4.90 Å². The SMILES string of the molecule is CN(CCC(F)(F)F)S(=O)(=O)c1cc(Br)ccc1[N+](=O)[O-]. The first kappa shape index (κ1) is 17.9. The second kappa shape index (κ2) is 6.28. The van der Waals surface area contributed by atoms with Gasteiger partial charge in [-0.3, -0.25) is 10.1 Å². The maximum atomic E-state index is 12.2. The Kier molecular flexibility index (Phi) is 5.34. The number of sulfonamides is 1. The molecule has 0 aliphatic carbocycles. The molecule has 1 aromatic carbocycles. The molecule has 0 unspecified atom stereocenters. The van der Waals surface area contributed by atoms with E-state index in [1.165, 1.54) is 6.07 Å². The fourth-order valence-corrected chi connectivity index (χ4v) is 3.28. The number of hydrogen-bond acceptors (Lipinski definition) is 4. The molecule has 0 amide bonds. The first-order valence-electron chi connectivity index (χ1n) is 5.42. The summed E-state index contributed by atoms with van der Waals surface area (Å²) in [6.45, 7) is -0.824. The molecule has 0 spiro atoms. The van der Waals surface area contributed by atoms with Crippen molar-refractivity contribution >= 4 is 31.6 Å². The smallest absolute Gasteiger partial charge is 0.258 e. The molecule has 0 atom stereocenters. The average molecular weight is 391 g/mol. The molecular formula is C10H10BrF3N2O4S. The van der Waals surface area contributed by atoms with Crippen molar-refractivity contribution in [2.75, 3.05) is 13.6 Å². The zero-order chi connectivity index (χ0) is 16.4. The van der Waals surface area contributed by atoms with E-state index in [0.717, 1.165) is 19.2 Å². The van der Waals surface area contributed by atoms with E-state index >= 15 is 0 Å². The molecule has 1 aromatic rings. The van der Waals surface area contributed by atoms with Gasteiger partial charge in [-0.2, -0.15) is 13.2 Å². The highest BCUT2D eigenvalue weighted by atomic mass is 79.9. The summed E-state index contributed by atoms with van der Waals surface area (Å²) < 4.78 is 61.4. The lowest BCUT2D eigenvalue weighted by atomic mass is 10.3. The maximum Gasteiger partial charge on any atom is 0.390 e. The molecule has 0 bridgehead atoms. The molecule has 0 fully saturated rings. The van der Waals surface area contributed by atoms with Crippen molar-refractivity contribution in [3.63, 3.8) is 0 Å². The number of nitro groups is 1. The van der Waals surface area contributed by atoms with Gasteiger partial charge in [0.05, 0.1) is 11.3 Å². The van der Waals surface area contributed by atoms with Crippen molar-refractivity contribution in [3.05, 3.63) is 32.8 Å². The number of nitrogens with zero attached hydrogens (tertiary/aromatic N) is 2. The topological polar surface area (TPSA) is 80.5 Å². The Balaban J connectivity index is 3.18. The molecule has 0 radical (unpaired) electrons. The van der Waals surface area contributed by atoms with Gasteiger partial charge in [-0.05, 0) is 12.1 Å². The average Bonchev–Trinajstić information content (AvgIpc) is 2.34. The van der Waals surface area contributed by atoms with Crippen LogP contribution in [0.25, 0.3) is 0 Å². The van der Waals surface area contributed by atoms with Gasteiger partial charge in [-0.25, -0.2) is 12.7 Å². The lowest BCUT2D eigenvalue weighted by molar-refractivity contribution is -0.387. The van der Waals surface area contributed by atoms with Crippen molar-refractivity contribution in [1.82, 2.24) is 4.31 Å². The minimum atomic E-state index is -4.52. The van der Waals surface area contributed by atoms with Gasteiger partial charge in [0, 0.05) is 24.1 Å². The van der Waals surface area contributed by atoms with Gasteiger partial charge in [-0.1, -0.05) is 15.9 Å². The number of nitro benzene ring substituents is 1. The van der Waals surface area contributed by atoms with Crippen LogP contribution in [0.2, 0.25) is 0 Å². The molecule has 1 rings (SSSR count). The zero-order valence-electron chi connectivity index (χ0n) is 10.6. The van der Waals surface area contributed by atoms with E-state index in [-0.39, 0.29) is 4.47 Å². The second-order valence-electron chi connectivity index (χ2n) is 4.06. The van der Waals surface area contributed by atoms with Crippen LogP contribution in [0.1, 0.15) is 6.42 Å². The fourth-order valence-electron chi connectivity index (χ4n) is 1.42. The van der Waals surface area contributed by atoms with Gasteiger partial charge in [0.2, 0.25) is 10.0 Å². The van der Waals surface area contributed by atoms with Crippen molar-refractivity contribution in [2.45, 2.75) is 17.5 Å². The Bertz CT molecular complexity index is 648. The third-order valence-corrected chi connectivity index (χ3v) is 4.90. The van der Waals surface area contributed by atoms with E-state index in [4.69, 9.17) is 0 Å². The van der Waals surface area contributed by atoms with E-state index in [2.05, 4.69) is 15.9 Å². The molecule has 21 heavy (non-hydrogen) atoms. The van der Waals surface area contributed by atoms with E-state index in [9.17, 15) is 31.7 Å². The minimum absolute atomic E-state index is 0.260. The molecule has 0 heterocycles. The first-order chi connectivity index (χ1) is 9.45. The summed E-state index contributed by atoms with van der Waals surface area (Å²) in [7, 11) is -3.46. The van der Waals surface area contributed by atoms with E-state index in [1.54, 1.807) is 0 Å². The van der Waals surface area contributed by atoms with Crippen LogP contribution in [-0.4, -0.2) is 37.4 Å². The minimum Gasteiger partial charge on any atom is -0.258 e. The molecule has 6 nitrogen and oxygen atoms in total. The van der Waals surface area contributed by atoms with Crippen LogP contribution in [-0.2, 0) is 10.0 Å². The Morgan fingerprint density at radius 1 is 1.38 bits per heavy atom. The highest BCUT2D eigenvalue weighted by Crippen LogP contribution is 2.30. The highest BCUT2D eigenvalue weighted by molar-refractivity contribution is 9.10. The molecule has 0 saturated heterocycles. The predicted molar refractivity (Wildman–Crippen MR) is 71.3 cm³/mol. The molecule has 11 heteroatoms. The third-order valence-electron chi connectivity index (χ3n) is 2.52. The van der Waals surface area contributed by atoms with Crippen molar-refractivity contribution in [2.24, 2.45) is 0 Å². The van der Waals surface area contributed by atoms with Crippen LogP contribution in [0.15, 0.2) is 27.6 Å². The van der Waals surface area contributed by atoms with Gasteiger partial charge in [0.25, 0.3) is 5.69 Å². The van der Waals surface area contributed by atoms with E-state index < -0.39 is 44.7 Å².